The molecule has 0 bridgehead atoms. The Kier molecular flexibility index (Phi) is 13.6. The van der Waals surface area contributed by atoms with Crippen LogP contribution in [-0.2, 0) is 0 Å². The van der Waals surface area contributed by atoms with E-state index in [2.05, 4.69) is 32.2 Å². The van der Waals surface area contributed by atoms with Gasteiger partial charge in [0.25, 0.3) is 0 Å². The van der Waals surface area contributed by atoms with Crippen LogP contribution in [0, 0.1) is 0 Å². The molecule has 0 spiro atoms. The molecule has 0 rings (SSSR count). The molecule has 0 N–H and O–H groups in total. The molecular weight excluding hydrogens is 188 g/mol. The lowest BCUT2D eigenvalue weighted by Gasteiger charge is -2.00. The molecule has 0 fully saturated rings. The number of rotatable bonds is 4. The molecule has 1 atom stereocenters. The van der Waals surface area contributed by atoms with Gasteiger partial charge in [-0.05, 0) is 24.9 Å². The fourth-order valence-corrected chi connectivity index (χ4v) is 1.66. The van der Waals surface area contributed by atoms with Crippen molar-refractivity contribution in [2.75, 3.05) is 11.5 Å². The predicted molar refractivity (Wildman–Crippen MR) is 59.8 cm³/mol. The lowest BCUT2D eigenvalue weighted by Crippen LogP contribution is -1.86. The van der Waals surface area contributed by atoms with E-state index in [0.717, 1.165) is 5.75 Å². The quantitative estimate of drug-likeness (QED) is 0.401. The first-order chi connectivity index (χ1) is 3.77. The molecule has 0 radical (unpaired) electrons. The first kappa shape index (κ1) is 13.0. The Morgan fingerprint density at radius 2 is 2.11 bits per heavy atom. The molecule has 0 heterocycles. The Bertz CT molecular complexity index is 46.2. The van der Waals surface area contributed by atoms with Crippen molar-refractivity contribution in [2.24, 2.45) is 0 Å². The van der Waals surface area contributed by atoms with Crippen molar-refractivity contribution in [1.82, 2.24) is 0 Å². The van der Waals surface area contributed by atoms with Gasteiger partial charge in [-0.2, -0.15) is 38.8 Å². The minimum absolute atomic E-state index is 0. The lowest BCUT2D eigenvalue weighted by atomic mass is 10.6. The van der Waals surface area contributed by atoms with Crippen LogP contribution in [0.2, 0.25) is 0 Å². The number of thioether (sulfide) groups is 1. The summed E-state index contributed by atoms with van der Waals surface area (Å²) >= 11 is 10.2. The highest BCUT2D eigenvalue weighted by Gasteiger charge is 1.91. The van der Waals surface area contributed by atoms with E-state index in [9.17, 15) is 0 Å². The molecule has 0 nitrogen and oxygen atoms in total. The molecule has 0 amide bonds. The molecule has 4 heteroatoms. The summed E-state index contributed by atoms with van der Waals surface area (Å²) in [5.41, 5.74) is 0. The Hall–Kier alpha value is 1.40. The molecule has 0 aliphatic carbocycles. The van der Waals surface area contributed by atoms with Crippen molar-refractivity contribution in [2.45, 2.75) is 17.9 Å². The summed E-state index contributed by atoms with van der Waals surface area (Å²) in [7, 11) is 0. The normalized spacial score (nSPS) is 12.3. The van der Waals surface area contributed by atoms with Gasteiger partial charge in [0.05, 0.1) is 0 Å². The molecule has 9 heavy (non-hydrogen) atoms. The van der Waals surface area contributed by atoms with Gasteiger partial charge < -0.3 is 0 Å². The van der Waals surface area contributed by atoms with Crippen LogP contribution in [0.1, 0.15) is 13.3 Å². The van der Waals surface area contributed by atoms with E-state index in [4.69, 9.17) is 0 Å². The third kappa shape index (κ3) is 12.6. The third-order valence-electron chi connectivity index (χ3n) is 0.662. The molecule has 0 saturated carbocycles. The topological polar surface area (TPSA) is 0 Å². The summed E-state index contributed by atoms with van der Waals surface area (Å²) in [6, 6.07) is 0. The fraction of sp³-hybridized carbons (Fsp3) is 1.00. The largest absolute Gasteiger partial charge is 0.197 e. The van der Waals surface area contributed by atoms with Crippen LogP contribution < -0.4 is 0 Å². The second kappa shape index (κ2) is 9.40. The number of thiol groups is 2. The van der Waals surface area contributed by atoms with E-state index in [1.165, 1.54) is 12.2 Å². The summed E-state index contributed by atoms with van der Waals surface area (Å²) in [6.45, 7) is 2.09. The van der Waals surface area contributed by atoms with E-state index < -0.39 is 0 Å². The summed E-state index contributed by atoms with van der Waals surface area (Å²) < 4.78 is 0.481. The van der Waals surface area contributed by atoms with Crippen LogP contribution in [0.15, 0.2) is 0 Å². The molecule has 1 unspecified atom stereocenters. The molecule has 0 aromatic rings. The number of hydrogen-bond donors (Lipinski definition) is 2. The average Bonchev–Trinajstić information content (AvgIpc) is 1.66. The van der Waals surface area contributed by atoms with Gasteiger partial charge in [0.2, 0.25) is 0 Å². The van der Waals surface area contributed by atoms with Crippen LogP contribution in [0.5, 0.6) is 0 Å². The molecule has 0 aromatic carbocycles. The van der Waals surface area contributed by atoms with Crippen molar-refractivity contribution >= 4 is 50.5 Å². The van der Waals surface area contributed by atoms with E-state index in [-0.39, 0.29) is 13.5 Å². The van der Waals surface area contributed by atoms with Crippen molar-refractivity contribution in [1.29, 1.82) is 0 Å². The average molecular weight is 202 g/mol. The van der Waals surface area contributed by atoms with Crippen molar-refractivity contribution in [3.63, 3.8) is 0 Å². The Morgan fingerprint density at radius 3 is 2.44 bits per heavy atom. The highest BCUT2D eigenvalue weighted by Crippen LogP contribution is 2.13. The summed E-state index contributed by atoms with van der Waals surface area (Å²) in [5, 5.41) is 0. The van der Waals surface area contributed by atoms with Gasteiger partial charge in [-0.3, -0.25) is 0 Å². The minimum atomic E-state index is 0. The molecule has 0 aromatic heterocycles. The van der Waals surface area contributed by atoms with Crippen molar-refractivity contribution in [3.8, 4) is 0 Å². The van der Waals surface area contributed by atoms with Gasteiger partial charge in [0.1, 0.15) is 0 Å². The molecule has 58 valence electrons. The van der Waals surface area contributed by atoms with E-state index >= 15 is 0 Å². The van der Waals surface area contributed by atoms with Gasteiger partial charge in [0.15, 0.2) is 0 Å². The second-order valence-corrected chi connectivity index (χ2v) is 4.57. The van der Waals surface area contributed by atoms with Gasteiger partial charge in [-0.1, -0.05) is 0 Å². The lowest BCUT2D eigenvalue weighted by molar-refractivity contribution is 1.13. The van der Waals surface area contributed by atoms with Crippen molar-refractivity contribution in [3.05, 3.63) is 0 Å². The minimum Gasteiger partial charge on any atom is -0.197 e. The number of hydrogen-bond acceptors (Lipinski definition) is 3. The van der Waals surface area contributed by atoms with Gasteiger partial charge in [-0.15, -0.1) is 11.8 Å². The first-order valence-electron chi connectivity index (χ1n) is 2.68. The van der Waals surface area contributed by atoms with E-state index in [1.54, 1.807) is 0 Å². The van der Waals surface area contributed by atoms with E-state index in [0.29, 0.717) is 4.58 Å². The summed E-state index contributed by atoms with van der Waals surface area (Å²) in [4.78, 5) is 0. The second-order valence-electron chi connectivity index (χ2n) is 1.55. The summed E-state index contributed by atoms with van der Waals surface area (Å²) in [6.07, 6.45) is 1.19. The summed E-state index contributed by atoms with van der Waals surface area (Å²) in [5.74, 6) is 2.18. The maximum Gasteiger partial charge on any atom is 0.0444 e. The molecule has 0 aliphatic heterocycles. The Labute approximate surface area is 79.8 Å². The van der Waals surface area contributed by atoms with Gasteiger partial charge in [0, 0.05) is 4.58 Å². The fourth-order valence-electron chi connectivity index (χ4n) is 0.318. The highest BCUT2D eigenvalue weighted by atomic mass is 32.2. The van der Waals surface area contributed by atoms with Crippen LogP contribution in [0.25, 0.3) is 0 Å². The van der Waals surface area contributed by atoms with Crippen molar-refractivity contribution < 1.29 is 0 Å². The molecule has 0 aliphatic rings. The van der Waals surface area contributed by atoms with Gasteiger partial charge >= 0.3 is 0 Å². The zero-order chi connectivity index (χ0) is 6.41. The van der Waals surface area contributed by atoms with E-state index in [1.807, 2.05) is 11.8 Å². The molecular formula is C5H14S4. The molecule has 0 saturated heterocycles. The van der Waals surface area contributed by atoms with Crippen LogP contribution >= 0.6 is 50.5 Å². The van der Waals surface area contributed by atoms with Gasteiger partial charge in [-0.25, -0.2) is 0 Å². The predicted octanol–water partition coefficient (Wildman–Crippen LogP) is 2.43. The zero-order valence-electron chi connectivity index (χ0n) is 5.50. The first-order valence-corrected chi connectivity index (χ1v) is 4.87. The van der Waals surface area contributed by atoms with Crippen LogP contribution in [0.3, 0.4) is 0 Å². The maximum atomic E-state index is 4.21. The Morgan fingerprint density at radius 1 is 1.56 bits per heavy atom. The smallest absolute Gasteiger partial charge is 0.0444 e. The van der Waals surface area contributed by atoms with Crippen LogP contribution in [-0.4, -0.2) is 16.1 Å². The SMILES string of the molecule is CC(S)SCCCS.S. The van der Waals surface area contributed by atoms with Crippen LogP contribution in [0.4, 0.5) is 0 Å². The monoisotopic (exact) mass is 202 g/mol. The zero-order valence-corrected chi connectivity index (χ0v) is 9.11. The highest BCUT2D eigenvalue weighted by molar-refractivity contribution is 8.10. The maximum absolute atomic E-state index is 4.21. The third-order valence-corrected chi connectivity index (χ3v) is 2.43. The standard InChI is InChI=1S/C5H12S3.H2S/c1-5(7)8-4-2-3-6;/h5-7H,2-4H2,1H3;1H2. The Balaban J connectivity index is 0.